The van der Waals surface area contributed by atoms with Gasteiger partial charge in [-0.3, -0.25) is 4.79 Å². The summed E-state index contributed by atoms with van der Waals surface area (Å²) in [5, 5.41) is 10.2. The zero-order valence-corrected chi connectivity index (χ0v) is 12.4. The molecule has 0 amide bonds. The number of hydrogen-bond acceptors (Lipinski definition) is 3. The van der Waals surface area contributed by atoms with E-state index in [2.05, 4.69) is 25.5 Å². The van der Waals surface area contributed by atoms with Crippen LogP contribution in [-0.4, -0.2) is 18.2 Å². The van der Waals surface area contributed by atoms with Gasteiger partial charge in [-0.15, -0.1) is 0 Å². The number of rotatable bonds is 4. The highest BCUT2D eigenvalue weighted by Gasteiger charge is 2.20. The minimum atomic E-state index is -0.645. The molecule has 106 valence electrons. The Bertz CT molecular complexity index is 415. The number of aliphatic hydroxyl groups is 1. The van der Waals surface area contributed by atoms with Crippen molar-refractivity contribution in [1.29, 1.82) is 0 Å². The van der Waals surface area contributed by atoms with Gasteiger partial charge in [-0.1, -0.05) is 52.0 Å². The van der Waals surface area contributed by atoms with Crippen LogP contribution >= 0.6 is 0 Å². The lowest BCUT2D eigenvalue weighted by Crippen LogP contribution is -2.15. The third-order valence-electron chi connectivity index (χ3n) is 3.37. The van der Waals surface area contributed by atoms with Crippen molar-refractivity contribution in [1.82, 2.24) is 0 Å². The molecule has 0 heterocycles. The monoisotopic (exact) mass is 264 g/mol. The van der Waals surface area contributed by atoms with Gasteiger partial charge in [0.25, 0.3) is 0 Å². The van der Waals surface area contributed by atoms with Crippen LogP contribution in [0.25, 0.3) is 0 Å². The van der Waals surface area contributed by atoms with Gasteiger partial charge in [0, 0.05) is 0 Å². The lowest BCUT2D eigenvalue weighted by Gasteiger charge is -2.22. The highest BCUT2D eigenvalue weighted by atomic mass is 16.5. The van der Waals surface area contributed by atoms with Gasteiger partial charge >= 0.3 is 5.97 Å². The Morgan fingerprint density at radius 3 is 2.21 bits per heavy atom. The van der Waals surface area contributed by atoms with Crippen molar-refractivity contribution < 1.29 is 14.6 Å². The summed E-state index contributed by atoms with van der Waals surface area (Å²) in [5.74, 6) is -0.453. The van der Waals surface area contributed by atoms with E-state index in [0.717, 1.165) is 5.56 Å². The van der Waals surface area contributed by atoms with Gasteiger partial charge < -0.3 is 9.84 Å². The van der Waals surface area contributed by atoms with E-state index < -0.39 is 6.10 Å². The average molecular weight is 264 g/mol. The van der Waals surface area contributed by atoms with Crippen LogP contribution in [-0.2, 0) is 14.9 Å². The van der Waals surface area contributed by atoms with Gasteiger partial charge in [0.15, 0.2) is 0 Å². The Balaban J connectivity index is 2.77. The summed E-state index contributed by atoms with van der Waals surface area (Å²) in [5.41, 5.74) is 2.16. The first-order valence-electron chi connectivity index (χ1n) is 6.61. The summed E-state index contributed by atoms with van der Waals surface area (Å²) in [6, 6.07) is 7.92. The van der Waals surface area contributed by atoms with Gasteiger partial charge in [0.05, 0.1) is 19.6 Å². The molecule has 0 saturated heterocycles. The third-order valence-corrected chi connectivity index (χ3v) is 3.37. The number of methoxy groups -OCH3 is 1. The standard InChI is InChI=1S/C16H24O3/c1-11(10-14(17)19-5)15(18)12-6-8-13(9-7-12)16(2,3)4/h6-9,11,15,18H,10H2,1-5H3. The Hall–Kier alpha value is -1.35. The van der Waals surface area contributed by atoms with Gasteiger partial charge in [-0.2, -0.15) is 0 Å². The summed E-state index contributed by atoms with van der Waals surface area (Å²) >= 11 is 0. The van der Waals surface area contributed by atoms with Crippen molar-refractivity contribution in [2.45, 2.75) is 45.6 Å². The van der Waals surface area contributed by atoms with E-state index >= 15 is 0 Å². The van der Waals surface area contributed by atoms with E-state index in [1.807, 2.05) is 31.2 Å². The maximum Gasteiger partial charge on any atom is 0.305 e. The first-order chi connectivity index (χ1) is 8.75. The Morgan fingerprint density at radius 2 is 1.79 bits per heavy atom. The lowest BCUT2D eigenvalue weighted by atomic mass is 9.85. The van der Waals surface area contributed by atoms with Crippen LogP contribution in [0.2, 0.25) is 0 Å². The number of ether oxygens (including phenoxy) is 1. The SMILES string of the molecule is COC(=O)CC(C)C(O)c1ccc(C(C)(C)C)cc1. The fourth-order valence-electron chi connectivity index (χ4n) is 1.97. The maximum atomic E-state index is 11.2. The lowest BCUT2D eigenvalue weighted by molar-refractivity contribution is -0.142. The highest BCUT2D eigenvalue weighted by molar-refractivity contribution is 5.69. The molecule has 3 heteroatoms. The Morgan fingerprint density at radius 1 is 1.26 bits per heavy atom. The molecule has 0 spiro atoms. The number of carbonyl (C=O) groups is 1. The second-order valence-corrected chi connectivity index (χ2v) is 6.07. The molecule has 19 heavy (non-hydrogen) atoms. The molecule has 0 aliphatic rings. The van der Waals surface area contributed by atoms with Crippen molar-refractivity contribution in [2.24, 2.45) is 5.92 Å². The topological polar surface area (TPSA) is 46.5 Å². The average Bonchev–Trinajstić information content (AvgIpc) is 2.36. The first kappa shape index (κ1) is 15.7. The molecule has 0 radical (unpaired) electrons. The number of benzene rings is 1. The van der Waals surface area contributed by atoms with E-state index in [9.17, 15) is 9.90 Å². The molecule has 0 saturated carbocycles. The molecule has 2 atom stereocenters. The fourth-order valence-corrected chi connectivity index (χ4v) is 1.97. The van der Waals surface area contributed by atoms with Crippen molar-refractivity contribution in [2.75, 3.05) is 7.11 Å². The summed E-state index contributed by atoms with van der Waals surface area (Å²) in [7, 11) is 1.36. The molecule has 1 aromatic carbocycles. The molecular weight excluding hydrogens is 240 g/mol. The van der Waals surface area contributed by atoms with Gasteiger partial charge in [-0.05, 0) is 22.5 Å². The smallest absolute Gasteiger partial charge is 0.305 e. The van der Waals surface area contributed by atoms with Crippen LogP contribution in [0, 0.1) is 5.92 Å². The zero-order valence-electron chi connectivity index (χ0n) is 12.4. The third kappa shape index (κ3) is 4.35. The first-order valence-corrected chi connectivity index (χ1v) is 6.61. The maximum absolute atomic E-state index is 11.2. The van der Waals surface area contributed by atoms with Crippen molar-refractivity contribution in [3.05, 3.63) is 35.4 Å². The number of aliphatic hydroxyl groups excluding tert-OH is 1. The van der Waals surface area contributed by atoms with Crippen LogP contribution in [0.1, 0.15) is 51.3 Å². The predicted molar refractivity (Wildman–Crippen MR) is 75.9 cm³/mol. The molecule has 0 aliphatic heterocycles. The fraction of sp³-hybridized carbons (Fsp3) is 0.562. The minimum Gasteiger partial charge on any atom is -0.469 e. The number of carbonyl (C=O) groups excluding carboxylic acids is 1. The van der Waals surface area contributed by atoms with Crippen molar-refractivity contribution in [3.8, 4) is 0 Å². The minimum absolute atomic E-state index is 0.0983. The largest absolute Gasteiger partial charge is 0.469 e. The van der Waals surface area contributed by atoms with Crippen LogP contribution in [0.4, 0.5) is 0 Å². The van der Waals surface area contributed by atoms with Crippen LogP contribution in [0.5, 0.6) is 0 Å². The normalized spacial score (nSPS) is 14.8. The summed E-state index contributed by atoms with van der Waals surface area (Å²) in [4.78, 5) is 11.2. The molecule has 0 aromatic heterocycles. The van der Waals surface area contributed by atoms with Crippen LogP contribution in [0.3, 0.4) is 0 Å². The zero-order chi connectivity index (χ0) is 14.6. The van der Waals surface area contributed by atoms with Crippen LogP contribution in [0.15, 0.2) is 24.3 Å². The van der Waals surface area contributed by atoms with Crippen molar-refractivity contribution >= 4 is 5.97 Å². The predicted octanol–water partition coefficient (Wildman–Crippen LogP) is 3.22. The highest BCUT2D eigenvalue weighted by Crippen LogP contribution is 2.28. The Labute approximate surface area is 115 Å². The van der Waals surface area contributed by atoms with Gasteiger partial charge in [0.1, 0.15) is 0 Å². The second kappa shape index (κ2) is 6.20. The molecule has 1 N–H and O–H groups in total. The Kier molecular flexibility index (Phi) is 5.12. The van der Waals surface area contributed by atoms with E-state index in [1.165, 1.54) is 12.7 Å². The number of hydrogen-bond donors (Lipinski definition) is 1. The van der Waals surface area contributed by atoms with E-state index in [-0.39, 0.29) is 23.7 Å². The molecule has 0 aliphatic carbocycles. The van der Waals surface area contributed by atoms with Crippen molar-refractivity contribution in [3.63, 3.8) is 0 Å². The molecule has 3 nitrogen and oxygen atoms in total. The van der Waals surface area contributed by atoms with Gasteiger partial charge in [0.2, 0.25) is 0 Å². The van der Waals surface area contributed by atoms with E-state index in [0.29, 0.717) is 0 Å². The summed E-state index contributed by atoms with van der Waals surface area (Å²) in [6.07, 6.45) is -0.424. The van der Waals surface area contributed by atoms with E-state index in [1.54, 1.807) is 0 Å². The summed E-state index contributed by atoms with van der Waals surface area (Å²) < 4.78 is 4.62. The van der Waals surface area contributed by atoms with E-state index in [4.69, 9.17) is 0 Å². The molecule has 0 bridgehead atoms. The number of esters is 1. The summed E-state index contributed by atoms with van der Waals surface area (Å²) in [6.45, 7) is 8.30. The molecule has 1 aromatic rings. The molecule has 2 unspecified atom stereocenters. The molecular formula is C16H24O3. The quantitative estimate of drug-likeness (QED) is 0.849. The van der Waals surface area contributed by atoms with Gasteiger partial charge in [-0.25, -0.2) is 0 Å². The second-order valence-electron chi connectivity index (χ2n) is 6.07. The van der Waals surface area contributed by atoms with Crippen LogP contribution < -0.4 is 0 Å². The molecule has 1 rings (SSSR count). The molecule has 0 fully saturated rings.